The van der Waals surface area contributed by atoms with E-state index >= 15 is 0 Å². The fourth-order valence-corrected chi connectivity index (χ4v) is 1.89. The van der Waals surface area contributed by atoms with Crippen molar-refractivity contribution < 1.29 is 9.59 Å². The van der Waals surface area contributed by atoms with E-state index in [1.165, 1.54) is 16.7 Å². The van der Waals surface area contributed by atoms with E-state index in [2.05, 4.69) is 42.7 Å². The van der Waals surface area contributed by atoms with Crippen molar-refractivity contribution in [1.82, 2.24) is 10.6 Å². The molecule has 0 aliphatic heterocycles. The van der Waals surface area contributed by atoms with Gasteiger partial charge in [-0.25, -0.2) is 4.79 Å². The van der Waals surface area contributed by atoms with Crippen LogP contribution < -0.4 is 16.4 Å². The Morgan fingerprint density at radius 2 is 1.86 bits per heavy atom. The number of urea groups is 1. The molecule has 4 N–H and O–H groups in total. The maximum Gasteiger partial charge on any atom is 0.314 e. The monoisotopic (exact) mass is 291 g/mol. The van der Waals surface area contributed by atoms with Crippen LogP contribution >= 0.6 is 0 Å². The molecule has 1 rings (SSSR count). The summed E-state index contributed by atoms with van der Waals surface area (Å²) in [6, 6.07) is 6.00. The lowest BCUT2D eigenvalue weighted by atomic mass is 9.93. The standard InChI is InChI=1S/C16H25N3O2/c1-11-5-6-13(12(2)9-11)7-8-18-15(21)19-10-16(3,4)14(17)20/h5-6,9H,7-8,10H2,1-4H3,(H2,17,20)(H2,18,19,21). The van der Waals surface area contributed by atoms with Gasteiger partial charge in [-0.1, -0.05) is 23.8 Å². The normalized spacial score (nSPS) is 11.0. The highest BCUT2D eigenvalue weighted by Crippen LogP contribution is 2.12. The third-order valence-corrected chi connectivity index (χ3v) is 3.54. The van der Waals surface area contributed by atoms with Gasteiger partial charge in [0.1, 0.15) is 0 Å². The van der Waals surface area contributed by atoms with Crippen LogP contribution in [0.5, 0.6) is 0 Å². The summed E-state index contributed by atoms with van der Waals surface area (Å²) in [4.78, 5) is 22.8. The first-order valence-corrected chi connectivity index (χ1v) is 7.10. The first-order chi connectivity index (χ1) is 9.72. The predicted molar refractivity (Wildman–Crippen MR) is 84.0 cm³/mol. The van der Waals surface area contributed by atoms with Crippen LogP contribution in [-0.4, -0.2) is 25.0 Å². The van der Waals surface area contributed by atoms with Crippen LogP contribution in [0.3, 0.4) is 0 Å². The maximum atomic E-state index is 11.7. The molecule has 21 heavy (non-hydrogen) atoms. The van der Waals surface area contributed by atoms with Crippen LogP contribution in [0.1, 0.15) is 30.5 Å². The number of benzene rings is 1. The lowest BCUT2D eigenvalue weighted by Crippen LogP contribution is -2.46. The van der Waals surface area contributed by atoms with Gasteiger partial charge in [0.25, 0.3) is 0 Å². The number of amides is 3. The van der Waals surface area contributed by atoms with Crippen LogP contribution in [0.4, 0.5) is 4.79 Å². The third kappa shape index (κ3) is 5.45. The number of aryl methyl sites for hydroxylation is 2. The third-order valence-electron chi connectivity index (χ3n) is 3.54. The summed E-state index contributed by atoms with van der Waals surface area (Å²) in [6.45, 7) is 8.29. The summed E-state index contributed by atoms with van der Waals surface area (Å²) >= 11 is 0. The second-order valence-electron chi connectivity index (χ2n) is 6.04. The van der Waals surface area contributed by atoms with E-state index < -0.39 is 11.3 Å². The van der Waals surface area contributed by atoms with Gasteiger partial charge < -0.3 is 16.4 Å². The molecule has 0 heterocycles. The van der Waals surface area contributed by atoms with E-state index in [0.717, 1.165) is 6.42 Å². The maximum absolute atomic E-state index is 11.7. The Balaban J connectivity index is 2.35. The van der Waals surface area contributed by atoms with Gasteiger partial charge in [-0.3, -0.25) is 4.79 Å². The van der Waals surface area contributed by atoms with Gasteiger partial charge in [-0.15, -0.1) is 0 Å². The zero-order chi connectivity index (χ0) is 16.0. The molecule has 0 aliphatic rings. The van der Waals surface area contributed by atoms with E-state index in [1.54, 1.807) is 13.8 Å². The Bertz CT molecular complexity index is 524. The van der Waals surface area contributed by atoms with Crippen LogP contribution in [0, 0.1) is 19.3 Å². The van der Waals surface area contributed by atoms with Gasteiger partial charge in [-0.2, -0.15) is 0 Å². The molecule has 116 valence electrons. The molecule has 1 aromatic carbocycles. The fraction of sp³-hybridized carbons (Fsp3) is 0.500. The molecule has 0 radical (unpaired) electrons. The minimum absolute atomic E-state index is 0.220. The van der Waals surface area contributed by atoms with Crippen LogP contribution in [0.2, 0.25) is 0 Å². The van der Waals surface area contributed by atoms with Crippen molar-refractivity contribution in [2.45, 2.75) is 34.1 Å². The van der Waals surface area contributed by atoms with Crippen molar-refractivity contribution in [2.75, 3.05) is 13.1 Å². The summed E-state index contributed by atoms with van der Waals surface area (Å²) < 4.78 is 0. The number of rotatable bonds is 6. The van der Waals surface area contributed by atoms with Gasteiger partial charge in [0.05, 0.1) is 5.41 Å². The average Bonchev–Trinajstić information content (AvgIpc) is 2.39. The molecule has 0 saturated carbocycles. The number of hydrogen-bond acceptors (Lipinski definition) is 2. The Morgan fingerprint density at radius 1 is 1.19 bits per heavy atom. The Morgan fingerprint density at radius 3 is 2.43 bits per heavy atom. The highest BCUT2D eigenvalue weighted by molar-refractivity contribution is 5.81. The second-order valence-corrected chi connectivity index (χ2v) is 6.04. The molecular formula is C16H25N3O2. The summed E-state index contributed by atoms with van der Waals surface area (Å²) in [5.41, 5.74) is 8.19. The largest absolute Gasteiger partial charge is 0.369 e. The number of nitrogens with two attached hydrogens (primary N) is 1. The smallest absolute Gasteiger partial charge is 0.314 e. The summed E-state index contributed by atoms with van der Waals surface area (Å²) in [7, 11) is 0. The average molecular weight is 291 g/mol. The van der Waals surface area contributed by atoms with Gasteiger partial charge in [0.2, 0.25) is 5.91 Å². The van der Waals surface area contributed by atoms with E-state index in [1.807, 2.05) is 0 Å². The number of hydrogen-bond donors (Lipinski definition) is 3. The van der Waals surface area contributed by atoms with Gasteiger partial charge in [0, 0.05) is 13.1 Å². The van der Waals surface area contributed by atoms with Crippen molar-refractivity contribution in [2.24, 2.45) is 11.1 Å². The fourth-order valence-electron chi connectivity index (χ4n) is 1.89. The van der Waals surface area contributed by atoms with Crippen molar-refractivity contribution in [1.29, 1.82) is 0 Å². The van der Waals surface area contributed by atoms with Gasteiger partial charge >= 0.3 is 6.03 Å². The molecule has 1 aromatic rings. The molecule has 0 unspecified atom stereocenters. The second kappa shape index (κ2) is 7.11. The van der Waals surface area contributed by atoms with Crippen molar-refractivity contribution in [3.8, 4) is 0 Å². The molecule has 0 aliphatic carbocycles. The quantitative estimate of drug-likeness (QED) is 0.744. The lowest BCUT2D eigenvalue weighted by molar-refractivity contribution is -0.125. The lowest BCUT2D eigenvalue weighted by Gasteiger charge is -2.20. The van der Waals surface area contributed by atoms with Crippen LogP contribution in [0.25, 0.3) is 0 Å². The molecule has 0 aromatic heterocycles. The van der Waals surface area contributed by atoms with Crippen LogP contribution in [0.15, 0.2) is 18.2 Å². The van der Waals surface area contributed by atoms with Crippen LogP contribution in [-0.2, 0) is 11.2 Å². The number of carbonyl (C=O) groups is 2. The predicted octanol–water partition coefficient (Wildman–Crippen LogP) is 1.66. The van der Waals surface area contributed by atoms with E-state index in [0.29, 0.717) is 6.54 Å². The highest BCUT2D eigenvalue weighted by atomic mass is 16.2. The molecule has 0 bridgehead atoms. The van der Waals surface area contributed by atoms with Crippen molar-refractivity contribution >= 4 is 11.9 Å². The summed E-state index contributed by atoms with van der Waals surface area (Å²) in [5.74, 6) is -0.432. The Hall–Kier alpha value is -2.04. The van der Waals surface area contributed by atoms with Crippen molar-refractivity contribution in [3.05, 3.63) is 34.9 Å². The first-order valence-electron chi connectivity index (χ1n) is 7.10. The first kappa shape index (κ1) is 17.0. The summed E-state index contributed by atoms with van der Waals surface area (Å²) in [6.07, 6.45) is 0.777. The van der Waals surface area contributed by atoms with E-state index in [-0.39, 0.29) is 12.6 Å². The van der Waals surface area contributed by atoms with Gasteiger partial charge in [-0.05, 0) is 45.2 Å². The zero-order valence-corrected chi connectivity index (χ0v) is 13.2. The number of carbonyl (C=O) groups excluding carboxylic acids is 2. The van der Waals surface area contributed by atoms with Gasteiger partial charge in [0.15, 0.2) is 0 Å². The molecule has 0 saturated heterocycles. The zero-order valence-electron chi connectivity index (χ0n) is 13.2. The molecule has 0 atom stereocenters. The SMILES string of the molecule is Cc1ccc(CCNC(=O)NCC(C)(C)C(N)=O)c(C)c1. The number of primary amides is 1. The highest BCUT2D eigenvalue weighted by Gasteiger charge is 2.25. The molecule has 0 fully saturated rings. The molecular weight excluding hydrogens is 266 g/mol. The number of nitrogens with one attached hydrogen (secondary N) is 2. The molecule has 5 heteroatoms. The van der Waals surface area contributed by atoms with E-state index in [4.69, 9.17) is 5.73 Å². The minimum Gasteiger partial charge on any atom is -0.369 e. The molecule has 0 spiro atoms. The summed E-state index contributed by atoms with van der Waals surface area (Å²) in [5, 5.41) is 5.45. The van der Waals surface area contributed by atoms with E-state index in [9.17, 15) is 9.59 Å². The Labute approximate surface area is 126 Å². The topological polar surface area (TPSA) is 84.2 Å². The minimum atomic E-state index is -0.745. The molecule has 3 amide bonds. The molecule has 5 nitrogen and oxygen atoms in total. The Kier molecular flexibility index (Phi) is 5.76. The van der Waals surface area contributed by atoms with Crippen molar-refractivity contribution in [3.63, 3.8) is 0 Å².